The van der Waals surface area contributed by atoms with E-state index in [1.54, 1.807) is 0 Å². The Labute approximate surface area is 506 Å². The van der Waals surface area contributed by atoms with E-state index in [4.69, 9.17) is 4.74 Å². The molecule has 0 fully saturated rings. The lowest BCUT2D eigenvalue weighted by Gasteiger charge is -2.22. The first kappa shape index (κ1) is 78.8. The predicted molar refractivity (Wildman–Crippen MR) is 356 cm³/mol. The van der Waals surface area contributed by atoms with Crippen LogP contribution in [0.15, 0.2) is 48.6 Å². The number of nitrogens with one attached hydrogen (secondary N) is 1. The molecule has 0 saturated carbocycles. The Kier molecular flexibility index (Phi) is 68.4. The number of allylic oxidation sites excluding steroid dienone is 8. The zero-order chi connectivity index (χ0) is 58.5. The molecule has 3 N–H and O–H groups in total. The van der Waals surface area contributed by atoms with Crippen molar-refractivity contribution in [2.75, 3.05) is 13.2 Å². The fourth-order valence-electron chi connectivity index (χ4n) is 11.3. The van der Waals surface area contributed by atoms with E-state index in [1.807, 2.05) is 0 Å². The van der Waals surface area contributed by atoms with Gasteiger partial charge in [0.2, 0.25) is 5.91 Å². The molecule has 81 heavy (non-hydrogen) atoms. The van der Waals surface area contributed by atoms with Crippen molar-refractivity contribution >= 4 is 11.9 Å². The highest BCUT2D eigenvalue weighted by atomic mass is 16.5. The zero-order valence-electron chi connectivity index (χ0n) is 54.5. The van der Waals surface area contributed by atoms with Crippen molar-refractivity contribution in [2.24, 2.45) is 0 Å². The normalized spacial score (nSPS) is 12.8. The average molecular weight is 1140 g/mol. The maximum Gasteiger partial charge on any atom is 0.305 e. The molecular weight excluding hydrogens is 995 g/mol. The van der Waals surface area contributed by atoms with Crippen LogP contribution in [0, 0.1) is 0 Å². The van der Waals surface area contributed by atoms with Gasteiger partial charge in [-0.15, -0.1) is 0 Å². The number of carbonyl (C=O) groups excluding carboxylic acids is 2. The second kappa shape index (κ2) is 70.3. The van der Waals surface area contributed by atoms with Gasteiger partial charge in [0.1, 0.15) is 0 Å². The Morgan fingerprint density at radius 3 is 0.975 bits per heavy atom. The number of carbonyl (C=O) groups is 2. The molecule has 476 valence electrons. The van der Waals surface area contributed by atoms with E-state index in [2.05, 4.69) is 67.8 Å². The largest absolute Gasteiger partial charge is 0.466 e. The van der Waals surface area contributed by atoms with Crippen LogP contribution in [-0.4, -0.2) is 47.4 Å². The summed E-state index contributed by atoms with van der Waals surface area (Å²) in [5.41, 5.74) is 0. The van der Waals surface area contributed by atoms with Gasteiger partial charge in [0, 0.05) is 12.8 Å². The molecule has 2 atom stereocenters. The van der Waals surface area contributed by atoms with E-state index in [-0.39, 0.29) is 18.5 Å². The zero-order valence-corrected chi connectivity index (χ0v) is 54.5. The molecule has 0 heterocycles. The number of rotatable bonds is 68. The van der Waals surface area contributed by atoms with Crippen LogP contribution >= 0.6 is 0 Å². The summed E-state index contributed by atoms with van der Waals surface area (Å²) in [5, 5.41) is 23.4. The lowest BCUT2D eigenvalue weighted by Crippen LogP contribution is -2.45. The highest BCUT2D eigenvalue weighted by molar-refractivity contribution is 5.76. The molecule has 0 spiro atoms. The first-order valence-corrected chi connectivity index (χ1v) is 36.4. The summed E-state index contributed by atoms with van der Waals surface area (Å²) in [4.78, 5) is 24.6. The van der Waals surface area contributed by atoms with Crippen LogP contribution < -0.4 is 5.32 Å². The number of ether oxygens (including phenoxy) is 1. The van der Waals surface area contributed by atoms with Crippen molar-refractivity contribution in [1.82, 2.24) is 5.32 Å². The van der Waals surface area contributed by atoms with E-state index >= 15 is 0 Å². The molecule has 0 aliphatic rings. The topological polar surface area (TPSA) is 95.9 Å². The van der Waals surface area contributed by atoms with E-state index in [9.17, 15) is 19.8 Å². The molecule has 0 bridgehead atoms. The number of hydrogen-bond donors (Lipinski definition) is 3. The van der Waals surface area contributed by atoms with E-state index < -0.39 is 12.1 Å². The van der Waals surface area contributed by atoms with Crippen LogP contribution in [0.2, 0.25) is 0 Å². The Balaban J connectivity index is 3.40. The second-order valence-corrected chi connectivity index (χ2v) is 24.9. The monoisotopic (exact) mass is 1140 g/mol. The van der Waals surface area contributed by atoms with Crippen LogP contribution in [0.5, 0.6) is 0 Å². The summed E-state index contributed by atoms with van der Waals surface area (Å²) < 4.78 is 5.48. The van der Waals surface area contributed by atoms with Gasteiger partial charge in [-0.3, -0.25) is 9.59 Å². The quantitative estimate of drug-likeness (QED) is 0.0320. The summed E-state index contributed by atoms with van der Waals surface area (Å²) in [5.74, 6) is -0.0322. The smallest absolute Gasteiger partial charge is 0.305 e. The first-order chi connectivity index (χ1) is 40.0. The Morgan fingerprint density at radius 1 is 0.346 bits per heavy atom. The first-order valence-electron chi connectivity index (χ1n) is 36.4. The van der Waals surface area contributed by atoms with Crippen LogP contribution in [-0.2, 0) is 14.3 Å². The third-order valence-corrected chi connectivity index (χ3v) is 16.9. The Hall–Kier alpha value is -2.18. The molecule has 0 aromatic carbocycles. The van der Waals surface area contributed by atoms with Crippen LogP contribution in [0.4, 0.5) is 0 Å². The maximum absolute atomic E-state index is 12.5. The SMILES string of the molecule is CCCC/C=C\C/C=C\CCCCCCCC(=O)OCCCCCCCCCCC/C=C\C/C=C\CCCCCCCCCCCCCCCCCC(=O)NC(CO)C(O)CCCCCCCCCCCCCCCCCCCCC. The molecule has 0 rings (SSSR count). The molecule has 0 aliphatic carbocycles. The van der Waals surface area contributed by atoms with Gasteiger partial charge in [-0.1, -0.05) is 345 Å². The van der Waals surface area contributed by atoms with Gasteiger partial charge in [-0.2, -0.15) is 0 Å². The predicted octanol–water partition coefficient (Wildman–Crippen LogP) is 23.6. The van der Waals surface area contributed by atoms with Crippen molar-refractivity contribution in [2.45, 2.75) is 405 Å². The molecule has 0 aromatic heterocycles. The number of aliphatic hydroxyl groups excluding tert-OH is 2. The summed E-state index contributed by atoms with van der Waals surface area (Å²) in [6.45, 7) is 4.93. The van der Waals surface area contributed by atoms with Crippen molar-refractivity contribution in [3.63, 3.8) is 0 Å². The van der Waals surface area contributed by atoms with E-state index in [0.29, 0.717) is 25.9 Å². The molecule has 0 aliphatic heterocycles. The van der Waals surface area contributed by atoms with Crippen molar-refractivity contribution in [3.8, 4) is 0 Å². The third-order valence-electron chi connectivity index (χ3n) is 16.9. The van der Waals surface area contributed by atoms with Crippen LogP contribution in [0.3, 0.4) is 0 Å². The van der Waals surface area contributed by atoms with Gasteiger partial charge < -0.3 is 20.3 Å². The Bertz CT molecular complexity index is 1360. The van der Waals surface area contributed by atoms with Gasteiger partial charge in [0.15, 0.2) is 0 Å². The van der Waals surface area contributed by atoms with Crippen molar-refractivity contribution in [3.05, 3.63) is 48.6 Å². The number of unbranched alkanes of at least 4 members (excludes halogenated alkanes) is 49. The maximum atomic E-state index is 12.5. The number of aliphatic hydroxyl groups is 2. The molecule has 0 aromatic rings. The number of amides is 1. The lowest BCUT2D eigenvalue weighted by molar-refractivity contribution is -0.143. The standard InChI is InChI=1S/C75H141NO5/c1-3-5-7-9-11-13-15-17-19-20-34-37-40-43-47-51-55-59-63-67-73(78)72(71-77)76-74(79)68-64-60-56-52-48-44-41-38-35-32-30-28-26-24-22-21-23-25-27-29-31-33-36-39-42-46-50-54-58-62-66-70-81-75(80)69-65-61-57-53-49-45-18-16-14-12-10-8-6-4-2/h10,12,16,18,23,25,29,31,72-73,77-78H,3-9,11,13-15,17,19-22,24,26-28,30,32-71H2,1-2H3,(H,76,79)/b12-10-,18-16-,25-23-,31-29-. The van der Waals surface area contributed by atoms with Crippen molar-refractivity contribution in [1.29, 1.82) is 0 Å². The van der Waals surface area contributed by atoms with Crippen LogP contribution in [0.1, 0.15) is 393 Å². The summed E-state index contributed by atoms with van der Waals surface area (Å²) >= 11 is 0. The molecular formula is C75H141NO5. The minimum atomic E-state index is -0.665. The van der Waals surface area contributed by atoms with Gasteiger partial charge in [0.25, 0.3) is 0 Å². The minimum Gasteiger partial charge on any atom is -0.466 e. The summed E-state index contributed by atoms with van der Waals surface area (Å²) in [6.07, 6.45) is 91.7. The van der Waals surface area contributed by atoms with Crippen LogP contribution in [0.25, 0.3) is 0 Å². The van der Waals surface area contributed by atoms with Crippen molar-refractivity contribution < 1.29 is 24.5 Å². The van der Waals surface area contributed by atoms with E-state index in [1.165, 1.54) is 302 Å². The van der Waals surface area contributed by atoms with Gasteiger partial charge in [-0.25, -0.2) is 0 Å². The van der Waals surface area contributed by atoms with Gasteiger partial charge in [-0.05, 0) is 83.5 Å². The van der Waals surface area contributed by atoms with E-state index in [0.717, 1.165) is 57.8 Å². The molecule has 6 nitrogen and oxygen atoms in total. The molecule has 6 heteroatoms. The lowest BCUT2D eigenvalue weighted by atomic mass is 10.0. The Morgan fingerprint density at radius 2 is 0.630 bits per heavy atom. The third kappa shape index (κ3) is 66.8. The summed E-state index contributed by atoms with van der Waals surface area (Å²) in [7, 11) is 0. The van der Waals surface area contributed by atoms with Gasteiger partial charge >= 0.3 is 5.97 Å². The molecule has 1 amide bonds. The molecule has 2 unspecified atom stereocenters. The highest BCUT2D eigenvalue weighted by Gasteiger charge is 2.20. The molecule has 0 saturated heterocycles. The minimum absolute atomic E-state index is 0.00132. The average Bonchev–Trinajstić information content (AvgIpc) is 3.47. The van der Waals surface area contributed by atoms with Gasteiger partial charge in [0.05, 0.1) is 25.4 Å². The fourth-order valence-corrected chi connectivity index (χ4v) is 11.3. The second-order valence-electron chi connectivity index (χ2n) is 24.9. The molecule has 0 radical (unpaired) electrons. The summed E-state index contributed by atoms with van der Waals surface area (Å²) in [6, 6.07) is -0.542. The number of hydrogen-bond acceptors (Lipinski definition) is 5. The highest BCUT2D eigenvalue weighted by Crippen LogP contribution is 2.19. The number of esters is 1. The fraction of sp³-hybridized carbons (Fsp3) is 0.867.